The molecule has 0 atom stereocenters. The number of ether oxygens (including phenoxy) is 2. The zero-order chi connectivity index (χ0) is 17.9. The van der Waals surface area contributed by atoms with Crippen LogP contribution in [0.4, 0.5) is 27.6 Å². The maximum absolute atomic E-state index is 12.9. The van der Waals surface area contributed by atoms with E-state index in [-0.39, 0.29) is 5.69 Å². The number of alkyl halides is 5. The summed E-state index contributed by atoms with van der Waals surface area (Å²) in [7, 11) is 0. The molecule has 0 spiro atoms. The van der Waals surface area contributed by atoms with Gasteiger partial charge in [-0.05, 0) is 12.1 Å². The minimum Gasteiger partial charge on any atom is -0.450 e. The molecule has 1 heterocycles. The normalized spacial score (nSPS) is 11.2. The molecule has 2 rings (SSSR count). The number of nitrogens with zero attached hydrogens (tertiary/aromatic N) is 2. The second kappa shape index (κ2) is 6.53. The molecule has 0 unspecified atom stereocenters. The molecule has 0 radical (unpaired) electrons. The summed E-state index contributed by atoms with van der Waals surface area (Å²) in [6, 6.07) is 2.70. The van der Waals surface area contributed by atoms with E-state index in [4.69, 9.17) is 11.3 Å². The highest BCUT2D eigenvalue weighted by Gasteiger charge is 2.38. The third-order valence-corrected chi connectivity index (χ3v) is 2.52. The van der Waals surface area contributed by atoms with E-state index in [1.54, 1.807) is 0 Å². The van der Waals surface area contributed by atoms with Crippen LogP contribution in [0, 0.1) is 6.57 Å². The molecule has 0 saturated heterocycles. The zero-order valence-corrected chi connectivity index (χ0v) is 11.4. The predicted molar refractivity (Wildman–Crippen MR) is 69.3 cm³/mol. The minimum atomic E-state index is -4.98. The SMILES string of the molecule is [C-]#[N+]c1cc(Oc2c(C(F)(F)F)nc[nH]c2=O)cc(OC(F)F)c1. The van der Waals surface area contributed by atoms with Gasteiger partial charge in [0, 0.05) is 6.07 Å². The van der Waals surface area contributed by atoms with Gasteiger partial charge in [-0.3, -0.25) is 4.79 Å². The lowest BCUT2D eigenvalue weighted by Gasteiger charge is -2.12. The Morgan fingerprint density at radius 1 is 1.21 bits per heavy atom. The van der Waals surface area contributed by atoms with Gasteiger partial charge in [-0.1, -0.05) is 0 Å². The first-order chi connectivity index (χ1) is 11.2. The standard InChI is InChI=1S/C13H6F5N3O3/c1-19-6-2-7(4-8(3-6)24-12(14)15)23-9-10(13(16,17)18)20-5-21-11(9)22/h2-5,12H,(H,20,21,22). The number of halogens is 5. The molecular weight excluding hydrogens is 341 g/mol. The van der Waals surface area contributed by atoms with Gasteiger partial charge in [0.1, 0.15) is 11.5 Å². The van der Waals surface area contributed by atoms with Crippen molar-refractivity contribution in [2.24, 2.45) is 0 Å². The first-order valence-corrected chi connectivity index (χ1v) is 6.01. The molecule has 1 aromatic heterocycles. The second-order valence-electron chi connectivity index (χ2n) is 4.16. The summed E-state index contributed by atoms with van der Waals surface area (Å²) in [6.07, 6.45) is -4.44. The van der Waals surface area contributed by atoms with Crippen LogP contribution < -0.4 is 15.0 Å². The second-order valence-corrected chi connectivity index (χ2v) is 4.16. The average molecular weight is 347 g/mol. The van der Waals surface area contributed by atoms with Crippen LogP contribution in [0.5, 0.6) is 17.2 Å². The lowest BCUT2D eigenvalue weighted by atomic mass is 10.3. The van der Waals surface area contributed by atoms with Crippen molar-refractivity contribution in [2.75, 3.05) is 0 Å². The molecule has 0 saturated carbocycles. The van der Waals surface area contributed by atoms with Gasteiger partial charge < -0.3 is 14.5 Å². The number of H-pyrrole nitrogens is 1. The average Bonchev–Trinajstić information content (AvgIpc) is 2.47. The van der Waals surface area contributed by atoms with Crippen LogP contribution in [0.25, 0.3) is 4.85 Å². The molecule has 126 valence electrons. The number of nitrogens with one attached hydrogen (secondary N) is 1. The Balaban J connectivity index is 2.49. The number of benzene rings is 1. The largest absolute Gasteiger partial charge is 0.450 e. The first-order valence-electron chi connectivity index (χ1n) is 6.01. The minimum absolute atomic E-state index is 0.239. The summed E-state index contributed by atoms with van der Waals surface area (Å²) in [5, 5.41) is 0. The fourth-order valence-corrected chi connectivity index (χ4v) is 1.65. The molecule has 24 heavy (non-hydrogen) atoms. The molecule has 0 aliphatic carbocycles. The van der Waals surface area contributed by atoms with Gasteiger partial charge in [-0.15, -0.1) is 0 Å². The van der Waals surface area contributed by atoms with E-state index in [0.29, 0.717) is 6.33 Å². The van der Waals surface area contributed by atoms with Gasteiger partial charge in [0.05, 0.1) is 12.9 Å². The molecule has 6 nitrogen and oxygen atoms in total. The van der Waals surface area contributed by atoms with Crippen LogP contribution in [0.2, 0.25) is 0 Å². The Morgan fingerprint density at radius 3 is 2.46 bits per heavy atom. The van der Waals surface area contributed by atoms with Gasteiger partial charge in [0.25, 0.3) is 5.56 Å². The number of rotatable bonds is 4. The highest BCUT2D eigenvalue weighted by atomic mass is 19.4. The smallest absolute Gasteiger partial charge is 0.437 e. The predicted octanol–water partition coefficient (Wildman–Crippen LogP) is 3.73. The van der Waals surface area contributed by atoms with E-state index in [2.05, 4.69) is 14.6 Å². The van der Waals surface area contributed by atoms with Crippen molar-refractivity contribution in [1.82, 2.24) is 9.97 Å². The molecule has 0 aliphatic heterocycles. The van der Waals surface area contributed by atoms with Crippen LogP contribution in [0.1, 0.15) is 5.69 Å². The van der Waals surface area contributed by atoms with Crippen LogP contribution >= 0.6 is 0 Å². The molecule has 0 aliphatic rings. The van der Waals surface area contributed by atoms with Gasteiger partial charge in [0.2, 0.25) is 5.75 Å². The monoisotopic (exact) mass is 347 g/mol. The highest BCUT2D eigenvalue weighted by Crippen LogP contribution is 2.36. The summed E-state index contributed by atoms with van der Waals surface area (Å²) >= 11 is 0. The molecule has 2 aromatic rings. The third kappa shape index (κ3) is 3.97. The van der Waals surface area contributed by atoms with Gasteiger partial charge in [0.15, 0.2) is 11.4 Å². The van der Waals surface area contributed by atoms with Gasteiger partial charge in [-0.2, -0.15) is 22.0 Å². The van der Waals surface area contributed by atoms with Gasteiger partial charge >= 0.3 is 12.8 Å². The van der Waals surface area contributed by atoms with E-state index < -0.39 is 41.3 Å². The highest BCUT2D eigenvalue weighted by molar-refractivity contribution is 5.55. The Kier molecular flexibility index (Phi) is 4.68. The quantitative estimate of drug-likeness (QED) is 0.676. The summed E-state index contributed by atoms with van der Waals surface area (Å²) in [5.41, 5.74) is -3.07. The van der Waals surface area contributed by atoms with Crippen LogP contribution in [0.15, 0.2) is 29.3 Å². The van der Waals surface area contributed by atoms with Crippen molar-refractivity contribution in [3.8, 4) is 17.2 Å². The zero-order valence-electron chi connectivity index (χ0n) is 11.4. The molecule has 1 N–H and O–H groups in total. The molecule has 0 fully saturated rings. The van der Waals surface area contributed by atoms with Gasteiger partial charge in [-0.25, -0.2) is 9.83 Å². The molecule has 1 aromatic carbocycles. The maximum Gasteiger partial charge on any atom is 0.437 e. The van der Waals surface area contributed by atoms with Crippen molar-refractivity contribution < 1.29 is 31.4 Å². The fraction of sp³-hybridized carbons (Fsp3) is 0.154. The number of aromatic nitrogens is 2. The topological polar surface area (TPSA) is 68.6 Å². The Morgan fingerprint density at radius 2 is 1.88 bits per heavy atom. The Labute approximate surface area is 130 Å². The molecule has 11 heteroatoms. The lowest BCUT2D eigenvalue weighted by molar-refractivity contribution is -0.142. The van der Waals surface area contributed by atoms with Crippen molar-refractivity contribution in [2.45, 2.75) is 12.8 Å². The number of hydrogen-bond acceptors (Lipinski definition) is 4. The summed E-state index contributed by atoms with van der Waals surface area (Å²) < 4.78 is 72.0. The van der Waals surface area contributed by atoms with Crippen molar-refractivity contribution in [3.05, 3.63) is 52.0 Å². The van der Waals surface area contributed by atoms with E-state index in [1.807, 2.05) is 4.98 Å². The Hall–Kier alpha value is -3.16. The maximum atomic E-state index is 12.9. The molecular formula is C13H6F5N3O3. The van der Waals surface area contributed by atoms with Crippen LogP contribution in [-0.2, 0) is 6.18 Å². The van der Waals surface area contributed by atoms with E-state index in [1.165, 1.54) is 0 Å². The summed E-state index contributed by atoms with van der Waals surface area (Å²) in [6.45, 7) is 3.63. The van der Waals surface area contributed by atoms with Crippen molar-refractivity contribution in [3.63, 3.8) is 0 Å². The van der Waals surface area contributed by atoms with Crippen molar-refractivity contribution in [1.29, 1.82) is 0 Å². The number of aromatic amines is 1. The van der Waals surface area contributed by atoms with Crippen LogP contribution in [0.3, 0.4) is 0 Å². The van der Waals surface area contributed by atoms with E-state index >= 15 is 0 Å². The summed E-state index contributed by atoms with van der Waals surface area (Å²) in [5.74, 6) is -2.17. The first kappa shape index (κ1) is 17.2. The number of hydrogen-bond donors (Lipinski definition) is 1. The van der Waals surface area contributed by atoms with E-state index in [0.717, 1.165) is 18.2 Å². The Bertz CT molecular complexity index is 842. The van der Waals surface area contributed by atoms with Crippen LogP contribution in [-0.4, -0.2) is 16.6 Å². The molecule has 0 bridgehead atoms. The fourth-order valence-electron chi connectivity index (χ4n) is 1.65. The van der Waals surface area contributed by atoms with Crippen molar-refractivity contribution >= 4 is 5.69 Å². The van der Waals surface area contributed by atoms with E-state index in [9.17, 15) is 26.7 Å². The molecule has 0 amide bonds. The third-order valence-electron chi connectivity index (χ3n) is 2.52. The lowest BCUT2D eigenvalue weighted by Crippen LogP contribution is -2.18. The summed E-state index contributed by atoms with van der Waals surface area (Å²) in [4.78, 5) is 19.4.